The van der Waals surface area contributed by atoms with Gasteiger partial charge in [0, 0.05) is 50.5 Å². The molecule has 7 nitrogen and oxygen atoms in total. The van der Waals surface area contributed by atoms with Crippen LogP contribution in [-0.4, -0.2) is 64.5 Å². The summed E-state index contributed by atoms with van der Waals surface area (Å²) < 4.78 is 2.11. The summed E-state index contributed by atoms with van der Waals surface area (Å²) in [5.74, 6) is 0.215. The van der Waals surface area contributed by atoms with Gasteiger partial charge in [-0.05, 0) is 68.6 Å². The number of nitriles is 1. The lowest BCUT2D eigenvalue weighted by atomic mass is 9.95. The van der Waals surface area contributed by atoms with Crippen molar-refractivity contribution in [1.29, 1.82) is 5.26 Å². The second-order valence-electron chi connectivity index (χ2n) is 11.0. The standard InChI is InChI=1S/C32H40N6O/c33-20-26-11-13-27(14-12-26)22-38-25-34-21-30(38)15-16-35-32(39)29-10-7-17-36(23-29)24-31(28-8-3-1-4-9-28)37-18-5-2-6-19-37/h1,3-4,8-9,11-14,21,25,29,31H,2,5-7,10,15-19,22-24H2,(H,35,39)/t29-,31?/m0/s1. The molecule has 2 aliphatic rings. The molecule has 3 heterocycles. The van der Waals surface area contributed by atoms with Crippen molar-refractivity contribution in [3.05, 3.63) is 89.5 Å². The van der Waals surface area contributed by atoms with Gasteiger partial charge < -0.3 is 14.8 Å². The van der Waals surface area contributed by atoms with Crippen LogP contribution >= 0.6 is 0 Å². The number of piperidine rings is 2. The van der Waals surface area contributed by atoms with E-state index >= 15 is 0 Å². The number of carbonyl (C=O) groups is 1. The molecular weight excluding hydrogens is 484 g/mol. The SMILES string of the molecule is N#Cc1ccc(Cn2cncc2CCNC(=O)[C@H]2CCCN(CC(c3ccccc3)N3CCCCC3)C2)cc1. The molecule has 204 valence electrons. The Balaban J connectivity index is 1.13. The maximum absolute atomic E-state index is 13.2. The number of carbonyl (C=O) groups excluding carboxylic acids is 1. The van der Waals surface area contributed by atoms with E-state index in [0.29, 0.717) is 24.7 Å². The Kier molecular flexibility index (Phi) is 9.42. The Bertz CT molecular complexity index is 1230. The molecule has 1 unspecified atom stereocenters. The van der Waals surface area contributed by atoms with Gasteiger partial charge in [0.05, 0.1) is 23.9 Å². The first-order valence-corrected chi connectivity index (χ1v) is 14.5. The molecular formula is C32H40N6O. The first-order valence-electron chi connectivity index (χ1n) is 14.5. The quantitative estimate of drug-likeness (QED) is 0.425. The number of rotatable bonds is 10. The highest BCUT2D eigenvalue weighted by molar-refractivity contribution is 5.79. The second kappa shape index (κ2) is 13.5. The lowest BCUT2D eigenvalue weighted by Crippen LogP contribution is -2.47. The Morgan fingerprint density at radius 1 is 1.03 bits per heavy atom. The highest BCUT2D eigenvalue weighted by atomic mass is 16.1. The van der Waals surface area contributed by atoms with Crippen LogP contribution in [0.5, 0.6) is 0 Å². The average molecular weight is 525 g/mol. The maximum Gasteiger partial charge on any atom is 0.224 e. The van der Waals surface area contributed by atoms with Crippen molar-refractivity contribution in [2.45, 2.75) is 51.1 Å². The van der Waals surface area contributed by atoms with E-state index in [1.807, 2.05) is 36.8 Å². The number of likely N-dealkylation sites (tertiary alicyclic amines) is 2. The fourth-order valence-corrected chi connectivity index (χ4v) is 6.06. The summed E-state index contributed by atoms with van der Waals surface area (Å²) in [5, 5.41) is 12.2. The molecule has 0 aliphatic carbocycles. The number of benzene rings is 2. The summed E-state index contributed by atoms with van der Waals surface area (Å²) in [6, 6.07) is 21.1. The largest absolute Gasteiger partial charge is 0.355 e. The molecule has 0 saturated carbocycles. The first-order chi connectivity index (χ1) is 19.2. The van der Waals surface area contributed by atoms with E-state index in [1.165, 1.54) is 37.9 Å². The van der Waals surface area contributed by atoms with E-state index < -0.39 is 0 Å². The van der Waals surface area contributed by atoms with Gasteiger partial charge in [-0.1, -0.05) is 48.9 Å². The summed E-state index contributed by atoms with van der Waals surface area (Å²) in [6.07, 6.45) is 10.4. The molecule has 0 spiro atoms. The van der Waals surface area contributed by atoms with Gasteiger partial charge in [0.1, 0.15) is 0 Å². The van der Waals surface area contributed by atoms with Gasteiger partial charge in [-0.15, -0.1) is 0 Å². The molecule has 2 saturated heterocycles. The lowest BCUT2D eigenvalue weighted by Gasteiger charge is -2.40. The van der Waals surface area contributed by atoms with E-state index in [4.69, 9.17) is 5.26 Å². The molecule has 2 fully saturated rings. The topological polar surface area (TPSA) is 77.2 Å². The minimum Gasteiger partial charge on any atom is -0.355 e. The zero-order valence-electron chi connectivity index (χ0n) is 22.8. The molecule has 1 aromatic heterocycles. The lowest BCUT2D eigenvalue weighted by molar-refractivity contribution is -0.126. The summed E-state index contributed by atoms with van der Waals surface area (Å²) in [5.41, 5.74) is 4.27. The molecule has 2 aromatic carbocycles. The third-order valence-corrected chi connectivity index (χ3v) is 8.24. The molecule has 1 N–H and O–H groups in total. The van der Waals surface area contributed by atoms with Crippen LogP contribution in [0.2, 0.25) is 0 Å². The number of aromatic nitrogens is 2. The molecule has 5 rings (SSSR count). The van der Waals surface area contributed by atoms with E-state index in [2.05, 4.69) is 61.1 Å². The van der Waals surface area contributed by atoms with Crippen LogP contribution in [0.15, 0.2) is 67.1 Å². The van der Waals surface area contributed by atoms with Crippen LogP contribution in [0.4, 0.5) is 0 Å². The van der Waals surface area contributed by atoms with E-state index in [9.17, 15) is 4.79 Å². The maximum atomic E-state index is 13.2. The summed E-state index contributed by atoms with van der Waals surface area (Å²) in [6.45, 7) is 6.52. The number of imidazole rings is 1. The van der Waals surface area contributed by atoms with Crippen LogP contribution in [0.1, 0.15) is 60.5 Å². The van der Waals surface area contributed by atoms with Crippen LogP contribution in [-0.2, 0) is 17.8 Å². The number of hydrogen-bond acceptors (Lipinski definition) is 5. The molecule has 3 aromatic rings. The predicted octanol–water partition coefficient (Wildman–Crippen LogP) is 4.40. The second-order valence-corrected chi connectivity index (χ2v) is 11.0. The number of nitrogens with zero attached hydrogens (tertiary/aromatic N) is 5. The van der Waals surface area contributed by atoms with E-state index in [1.54, 1.807) is 0 Å². The minimum atomic E-state index is 0.0417. The molecule has 2 aliphatic heterocycles. The third-order valence-electron chi connectivity index (χ3n) is 8.24. The zero-order valence-corrected chi connectivity index (χ0v) is 22.8. The normalized spacial score (nSPS) is 19.3. The van der Waals surface area contributed by atoms with Gasteiger partial charge in [0.15, 0.2) is 0 Å². The van der Waals surface area contributed by atoms with Crippen molar-refractivity contribution in [2.75, 3.05) is 39.3 Å². The number of nitrogens with one attached hydrogen (secondary N) is 1. The van der Waals surface area contributed by atoms with Crippen LogP contribution in [0.3, 0.4) is 0 Å². The van der Waals surface area contributed by atoms with Crippen molar-refractivity contribution >= 4 is 5.91 Å². The average Bonchev–Trinajstić information content (AvgIpc) is 3.44. The van der Waals surface area contributed by atoms with Gasteiger partial charge in [0.25, 0.3) is 0 Å². The van der Waals surface area contributed by atoms with Crippen LogP contribution < -0.4 is 5.32 Å². The van der Waals surface area contributed by atoms with Gasteiger partial charge >= 0.3 is 0 Å². The van der Waals surface area contributed by atoms with Crippen molar-refractivity contribution in [3.63, 3.8) is 0 Å². The Morgan fingerprint density at radius 2 is 1.82 bits per heavy atom. The third kappa shape index (κ3) is 7.35. The predicted molar refractivity (Wildman–Crippen MR) is 153 cm³/mol. The van der Waals surface area contributed by atoms with Crippen molar-refractivity contribution in [2.24, 2.45) is 5.92 Å². The van der Waals surface area contributed by atoms with E-state index in [-0.39, 0.29) is 11.8 Å². The monoisotopic (exact) mass is 524 g/mol. The molecule has 0 bridgehead atoms. The van der Waals surface area contributed by atoms with E-state index in [0.717, 1.165) is 50.2 Å². The first kappa shape index (κ1) is 27.1. The fraction of sp³-hybridized carbons (Fsp3) is 0.469. The molecule has 0 radical (unpaired) electrons. The number of amides is 1. The number of hydrogen-bond donors (Lipinski definition) is 1. The van der Waals surface area contributed by atoms with Gasteiger partial charge in [0.2, 0.25) is 5.91 Å². The smallest absolute Gasteiger partial charge is 0.224 e. The highest BCUT2D eigenvalue weighted by Gasteiger charge is 2.30. The summed E-state index contributed by atoms with van der Waals surface area (Å²) in [4.78, 5) is 22.7. The zero-order chi connectivity index (χ0) is 26.9. The molecule has 7 heteroatoms. The fourth-order valence-electron chi connectivity index (χ4n) is 6.06. The van der Waals surface area contributed by atoms with Crippen molar-refractivity contribution < 1.29 is 4.79 Å². The van der Waals surface area contributed by atoms with Crippen LogP contribution in [0, 0.1) is 17.2 Å². The van der Waals surface area contributed by atoms with Gasteiger partial charge in [-0.3, -0.25) is 9.69 Å². The highest BCUT2D eigenvalue weighted by Crippen LogP contribution is 2.27. The van der Waals surface area contributed by atoms with Crippen molar-refractivity contribution in [3.8, 4) is 6.07 Å². The molecule has 1 amide bonds. The Hall–Kier alpha value is -3.47. The Morgan fingerprint density at radius 3 is 2.59 bits per heavy atom. The minimum absolute atomic E-state index is 0.0417. The summed E-state index contributed by atoms with van der Waals surface area (Å²) in [7, 11) is 0. The van der Waals surface area contributed by atoms with Crippen LogP contribution in [0.25, 0.3) is 0 Å². The van der Waals surface area contributed by atoms with Gasteiger partial charge in [-0.2, -0.15) is 5.26 Å². The molecule has 2 atom stereocenters. The van der Waals surface area contributed by atoms with Crippen molar-refractivity contribution in [1.82, 2.24) is 24.7 Å². The molecule has 39 heavy (non-hydrogen) atoms. The Labute approximate surface area is 232 Å². The van der Waals surface area contributed by atoms with Gasteiger partial charge in [-0.25, -0.2) is 4.98 Å². The summed E-state index contributed by atoms with van der Waals surface area (Å²) >= 11 is 0.